The van der Waals surface area contributed by atoms with E-state index in [2.05, 4.69) is 55.4 Å². The number of nitrogens with one attached hydrogen (secondary N) is 1. The molecule has 208 valence electrons. The summed E-state index contributed by atoms with van der Waals surface area (Å²) < 4.78 is 12.9. The molecule has 1 fully saturated rings. The second kappa shape index (κ2) is 12.9. The van der Waals surface area contributed by atoms with Gasteiger partial charge in [-0.1, -0.05) is 42.5 Å². The van der Waals surface area contributed by atoms with E-state index in [-0.39, 0.29) is 11.4 Å². The first-order valence-corrected chi connectivity index (χ1v) is 15.1. The van der Waals surface area contributed by atoms with Crippen molar-refractivity contribution in [2.24, 2.45) is 0 Å². The number of thioether (sulfide) groups is 1. The Hall–Kier alpha value is -3.60. The smallest absolute Gasteiger partial charge is 0.294 e. The summed E-state index contributed by atoms with van der Waals surface area (Å²) in [4.78, 5) is 39.3. The van der Waals surface area contributed by atoms with Gasteiger partial charge in [0.2, 0.25) is 5.91 Å². The van der Waals surface area contributed by atoms with E-state index in [9.17, 15) is 14.4 Å². The second-order valence-electron chi connectivity index (χ2n) is 9.01. The first kappa shape index (κ1) is 28.9. The molecule has 0 aliphatic carbocycles. The summed E-state index contributed by atoms with van der Waals surface area (Å²) in [5.41, 5.74) is 2.29. The van der Waals surface area contributed by atoms with E-state index in [4.69, 9.17) is 9.47 Å². The van der Waals surface area contributed by atoms with Crippen LogP contribution in [0.5, 0.6) is 11.5 Å². The number of benzene rings is 4. The molecule has 10 heteroatoms. The van der Waals surface area contributed by atoms with E-state index in [1.807, 2.05) is 43.3 Å². The molecule has 0 unspecified atom stereocenters. The van der Waals surface area contributed by atoms with Crippen LogP contribution in [-0.2, 0) is 16.2 Å². The molecule has 5 rings (SSSR count). The van der Waals surface area contributed by atoms with Gasteiger partial charge in [0, 0.05) is 5.69 Å². The van der Waals surface area contributed by atoms with Gasteiger partial charge in [0.15, 0.2) is 0 Å². The lowest BCUT2D eigenvalue weighted by atomic mass is 10.1. The van der Waals surface area contributed by atoms with Gasteiger partial charge < -0.3 is 14.8 Å². The molecule has 0 bridgehead atoms. The van der Waals surface area contributed by atoms with Crippen molar-refractivity contribution >= 4 is 83.2 Å². The maximum Gasteiger partial charge on any atom is 0.294 e. The molecule has 0 saturated carbocycles. The number of fused-ring (bicyclic) bond motifs is 1. The first-order valence-electron chi connectivity index (χ1n) is 12.7. The number of ether oxygens (including phenoxy) is 2. The summed E-state index contributed by atoms with van der Waals surface area (Å²) in [6.45, 7) is 2.41. The van der Waals surface area contributed by atoms with Gasteiger partial charge >= 0.3 is 0 Å². The van der Waals surface area contributed by atoms with Gasteiger partial charge in [-0.05, 0) is 115 Å². The van der Waals surface area contributed by atoms with Gasteiger partial charge in [-0.25, -0.2) is 0 Å². The van der Waals surface area contributed by atoms with Crippen molar-refractivity contribution in [2.75, 3.05) is 18.5 Å². The van der Waals surface area contributed by atoms with E-state index in [1.165, 1.54) is 0 Å². The highest BCUT2D eigenvalue weighted by Gasteiger charge is 2.36. The molecule has 41 heavy (non-hydrogen) atoms. The third-order valence-corrected chi connectivity index (χ3v) is 8.28. The van der Waals surface area contributed by atoms with Crippen molar-refractivity contribution in [1.82, 2.24) is 4.90 Å². The van der Waals surface area contributed by atoms with Crippen LogP contribution in [0.15, 0.2) is 92.7 Å². The number of hydrogen-bond acceptors (Lipinski definition) is 6. The number of halogens is 2. The quantitative estimate of drug-likeness (QED) is 0.179. The molecule has 0 spiro atoms. The Morgan fingerprint density at radius 2 is 1.66 bits per heavy atom. The molecule has 1 heterocycles. The van der Waals surface area contributed by atoms with Gasteiger partial charge in [-0.2, -0.15) is 0 Å². The zero-order chi connectivity index (χ0) is 28.9. The van der Waals surface area contributed by atoms with Crippen LogP contribution in [0.25, 0.3) is 16.8 Å². The van der Waals surface area contributed by atoms with Gasteiger partial charge in [0.05, 0.1) is 20.5 Å². The molecule has 1 aliphatic heterocycles. The zero-order valence-electron chi connectivity index (χ0n) is 21.9. The highest BCUT2D eigenvalue weighted by Crippen LogP contribution is 2.38. The first-order chi connectivity index (χ1) is 19.8. The Labute approximate surface area is 258 Å². The number of rotatable bonds is 9. The molecule has 3 amide bonds. The van der Waals surface area contributed by atoms with Crippen LogP contribution in [0.1, 0.15) is 18.1 Å². The molecule has 4 aromatic rings. The van der Waals surface area contributed by atoms with Crippen molar-refractivity contribution in [1.29, 1.82) is 0 Å². The topological polar surface area (TPSA) is 84.9 Å². The fraction of sp³-hybridized carbons (Fsp3) is 0.129. The number of amides is 3. The highest BCUT2D eigenvalue weighted by molar-refractivity contribution is 9.11. The Bertz CT molecular complexity index is 1640. The Kier molecular flexibility index (Phi) is 9.12. The minimum absolute atomic E-state index is 0.229. The van der Waals surface area contributed by atoms with Crippen LogP contribution in [0.2, 0.25) is 0 Å². The van der Waals surface area contributed by atoms with Crippen molar-refractivity contribution < 1.29 is 23.9 Å². The van der Waals surface area contributed by atoms with Crippen molar-refractivity contribution in [3.05, 3.63) is 104 Å². The number of carbonyl (C=O) groups is 3. The van der Waals surface area contributed by atoms with Crippen molar-refractivity contribution in [2.45, 2.75) is 13.5 Å². The van der Waals surface area contributed by atoms with Crippen LogP contribution >= 0.6 is 43.6 Å². The molecule has 4 aromatic carbocycles. The fourth-order valence-electron chi connectivity index (χ4n) is 4.30. The summed E-state index contributed by atoms with van der Waals surface area (Å²) in [7, 11) is 0. The zero-order valence-corrected chi connectivity index (χ0v) is 25.8. The minimum atomic E-state index is -0.523. The van der Waals surface area contributed by atoms with Crippen molar-refractivity contribution in [3.8, 4) is 11.5 Å². The lowest BCUT2D eigenvalue weighted by Crippen LogP contribution is -2.36. The summed E-state index contributed by atoms with van der Waals surface area (Å²) >= 11 is 7.94. The Morgan fingerprint density at radius 1 is 0.951 bits per heavy atom. The third-order valence-electron chi connectivity index (χ3n) is 6.19. The van der Waals surface area contributed by atoms with E-state index < -0.39 is 17.1 Å². The predicted octanol–water partition coefficient (Wildman–Crippen LogP) is 8.02. The second-order valence-corrected chi connectivity index (χ2v) is 11.7. The van der Waals surface area contributed by atoms with Gasteiger partial charge in [0.25, 0.3) is 11.1 Å². The molecule has 0 aromatic heterocycles. The Balaban J connectivity index is 1.25. The highest BCUT2D eigenvalue weighted by atomic mass is 79.9. The molecule has 0 radical (unpaired) electrons. The summed E-state index contributed by atoms with van der Waals surface area (Å²) in [6, 6.07) is 24.7. The fourth-order valence-corrected chi connectivity index (χ4v) is 6.59. The molecular weight excluding hydrogens is 672 g/mol. The monoisotopic (exact) mass is 694 g/mol. The SMILES string of the molecule is CCOc1ccc(NC(=O)CN2C(=O)S/C(=C/c3cc(Br)c(OCc4cccc5ccccc45)c(Br)c3)C2=O)cc1. The van der Waals surface area contributed by atoms with Crippen molar-refractivity contribution in [3.63, 3.8) is 0 Å². The maximum atomic E-state index is 13.0. The molecule has 7 nitrogen and oxygen atoms in total. The predicted molar refractivity (Wildman–Crippen MR) is 169 cm³/mol. The average molecular weight is 696 g/mol. The van der Waals surface area contributed by atoms with Gasteiger partial charge in [-0.15, -0.1) is 0 Å². The Morgan fingerprint density at radius 3 is 2.39 bits per heavy atom. The number of hydrogen-bond donors (Lipinski definition) is 1. The lowest BCUT2D eigenvalue weighted by Gasteiger charge is -2.13. The van der Waals surface area contributed by atoms with Crippen LogP contribution in [0.3, 0.4) is 0 Å². The van der Waals surface area contributed by atoms with Gasteiger partial charge in [-0.3, -0.25) is 19.3 Å². The van der Waals surface area contributed by atoms with Crippen LogP contribution in [-0.4, -0.2) is 35.1 Å². The number of nitrogens with zero attached hydrogens (tertiary/aromatic N) is 1. The summed E-state index contributed by atoms with van der Waals surface area (Å²) in [5.74, 6) is 0.305. The van der Waals surface area contributed by atoms with Crippen LogP contribution in [0.4, 0.5) is 10.5 Å². The van der Waals surface area contributed by atoms with E-state index in [0.29, 0.717) is 44.9 Å². The molecular formula is C31H24Br2N2O5S. The van der Waals surface area contributed by atoms with E-state index >= 15 is 0 Å². The number of anilines is 1. The molecule has 1 saturated heterocycles. The third kappa shape index (κ3) is 6.83. The normalized spacial score (nSPS) is 14.1. The minimum Gasteiger partial charge on any atom is -0.494 e. The molecule has 1 aliphatic rings. The van der Waals surface area contributed by atoms with E-state index in [0.717, 1.165) is 33.0 Å². The number of imide groups is 1. The molecule has 1 N–H and O–H groups in total. The molecule has 0 atom stereocenters. The van der Waals surface area contributed by atoms with E-state index in [1.54, 1.807) is 30.3 Å². The summed E-state index contributed by atoms with van der Waals surface area (Å²) in [6.07, 6.45) is 1.62. The largest absolute Gasteiger partial charge is 0.494 e. The van der Waals surface area contributed by atoms with Gasteiger partial charge in [0.1, 0.15) is 24.7 Å². The maximum absolute atomic E-state index is 13.0. The van der Waals surface area contributed by atoms with Crippen LogP contribution in [0, 0.1) is 0 Å². The summed E-state index contributed by atoms with van der Waals surface area (Å²) in [5, 5.41) is 4.47. The van der Waals surface area contributed by atoms with Crippen LogP contribution < -0.4 is 14.8 Å². The average Bonchev–Trinajstić information content (AvgIpc) is 3.21. The number of carbonyl (C=O) groups excluding carboxylic acids is 3. The standard InChI is InChI=1S/C31H24Br2N2O5S/c1-2-39-23-12-10-22(11-13-23)34-28(36)17-35-30(37)27(41-31(35)38)16-19-14-25(32)29(26(33)15-19)40-18-21-8-5-7-20-6-3-4-9-24(20)21/h3-16H,2,17-18H2,1H3,(H,34,36)/b27-16+. The lowest BCUT2D eigenvalue weighted by molar-refractivity contribution is -0.127.